The molecule has 0 radical (unpaired) electrons. The first-order valence-corrected chi connectivity index (χ1v) is 6.65. The normalized spacial score (nSPS) is 9.95. The van der Waals surface area contributed by atoms with Crippen molar-refractivity contribution in [1.29, 1.82) is 5.26 Å². The third-order valence-corrected chi connectivity index (χ3v) is 3.66. The molecule has 2 aromatic carbocycles. The zero-order chi connectivity index (χ0) is 13.8. The number of rotatable bonds is 3. The van der Waals surface area contributed by atoms with Gasteiger partial charge in [-0.05, 0) is 29.8 Å². The van der Waals surface area contributed by atoms with Gasteiger partial charge < -0.3 is 10.6 Å². The lowest BCUT2D eigenvalue weighted by atomic mass is 10.1. The molecule has 0 atom stereocenters. The van der Waals surface area contributed by atoms with Crippen molar-refractivity contribution in [1.82, 2.24) is 0 Å². The van der Waals surface area contributed by atoms with Crippen molar-refractivity contribution in [2.45, 2.75) is 6.54 Å². The van der Waals surface area contributed by atoms with Crippen molar-refractivity contribution in [2.75, 3.05) is 17.7 Å². The monoisotopic (exact) mass is 315 g/mol. The van der Waals surface area contributed by atoms with E-state index >= 15 is 0 Å². The van der Waals surface area contributed by atoms with E-state index in [0.29, 0.717) is 12.1 Å². The minimum absolute atomic E-state index is 0.677. The fourth-order valence-corrected chi connectivity index (χ4v) is 2.46. The molecular formula is C15H14BrN3. The number of hydrogen-bond donors (Lipinski definition) is 1. The van der Waals surface area contributed by atoms with Gasteiger partial charge in [-0.3, -0.25) is 0 Å². The molecule has 0 spiro atoms. The average Bonchev–Trinajstić information content (AvgIpc) is 2.41. The lowest BCUT2D eigenvalue weighted by Crippen LogP contribution is -2.17. The summed E-state index contributed by atoms with van der Waals surface area (Å²) in [6.45, 7) is 0.708. The predicted molar refractivity (Wildman–Crippen MR) is 81.8 cm³/mol. The molecule has 0 fully saturated rings. The standard InChI is InChI=1S/C15H14BrN3/c1-19(15-5-3-2-4-11(15)9-17)10-12-6-7-13(18)8-14(12)16/h2-8H,10,18H2,1H3. The highest BCUT2D eigenvalue weighted by molar-refractivity contribution is 9.10. The van der Waals surface area contributed by atoms with Gasteiger partial charge in [-0.2, -0.15) is 5.26 Å². The molecule has 0 amide bonds. The summed E-state index contributed by atoms with van der Waals surface area (Å²) >= 11 is 3.51. The fraction of sp³-hybridized carbons (Fsp3) is 0.133. The molecule has 0 heterocycles. The summed E-state index contributed by atoms with van der Waals surface area (Å²) in [5, 5.41) is 9.12. The second-order valence-electron chi connectivity index (χ2n) is 4.34. The maximum atomic E-state index is 9.12. The first-order valence-electron chi connectivity index (χ1n) is 5.86. The second kappa shape index (κ2) is 5.77. The number of benzene rings is 2. The van der Waals surface area contributed by atoms with Crippen molar-refractivity contribution < 1.29 is 0 Å². The number of nitrogens with zero attached hydrogens (tertiary/aromatic N) is 2. The maximum Gasteiger partial charge on any atom is 0.101 e. The van der Waals surface area contributed by atoms with Crippen LogP contribution in [-0.2, 0) is 6.54 Å². The largest absolute Gasteiger partial charge is 0.399 e. The van der Waals surface area contributed by atoms with E-state index < -0.39 is 0 Å². The minimum Gasteiger partial charge on any atom is -0.399 e. The van der Waals surface area contributed by atoms with Crippen LogP contribution in [0.4, 0.5) is 11.4 Å². The topological polar surface area (TPSA) is 53.0 Å². The molecule has 3 nitrogen and oxygen atoms in total. The number of hydrogen-bond acceptors (Lipinski definition) is 3. The molecule has 0 saturated carbocycles. The van der Waals surface area contributed by atoms with E-state index in [1.54, 1.807) is 0 Å². The van der Waals surface area contributed by atoms with Crippen LogP contribution in [0.5, 0.6) is 0 Å². The average molecular weight is 316 g/mol. The quantitative estimate of drug-likeness (QED) is 0.881. The van der Waals surface area contributed by atoms with Crippen LogP contribution in [0.3, 0.4) is 0 Å². The van der Waals surface area contributed by atoms with Crippen LogP contribution in [0.2, 0.25) is 0 Å². The van der Waals surface area contributed by atoms with Gasteiger partial charge in [0.15, 0.2) is 0 Å². The van der Waals surface area contributed by atoms with Gasteiger partial charge >= 0.3 is 0 Å². The number of nitrogens with two attached hydrogens (primary N) is 1. The van der Waals surface area contributed by atoms with Gasteiger partial charge in [0.05, 0.1) is 11.3 Å². The number of anilines is 2. The predicted octanol–water partition coefficient (Wildman–Crippen LogP) is 3.54. The molecule has 0 saturated heterocycles. The van der Waals surface area contributed by atoms with Crippen LogP contribution in [-0.4, -0.2) is 7.05 Å². The zero-order valence-corrected chi connectivity index (χ0v) is 12.2. The van der Waals surface area contributed by atoms with Crippen LogP contribution in [0.15, 0.2) is 46.9 Å². The Morgan fingerprint density at radius 3 is 2.68 bits per heavy atom. The van der Waals surface area contributed by atoms with Crippen LogP contribution in [0.25, 0.3) is 0 Å². The first kappa shape index (κ1) is 13.4. The van der Waals surface area contributed by atoms with E-state index in [1.165, 1.54) is 0 Å². The molecule has 96 valence electrons. The van der Waals surface area contributed by atoms with Crippen molar-refractivity contribution >= 4 is 27.3 Å². The fourth-order valence-electron chi connectivity index (χ4n) is 1.93. The van der Waals surface area contributed by atoms with E-state index in [-0.39, 0.29) is 0 Å². The molecule has 0 aliphatic carbocycles. The lowest BCUT2D eigenvalue weighted by Gasteiger charge is -2.21. The highest BCUT2D eigenvalue weighted by Crippen LogP contribution is 2.25. The van der Waals surface area contributed by atoms with Gasteiger partial charge in [-0.15, -0.1) is 0 Å². The molecule has 4 heteroatoms. The number of halogens is 1. The van der Waals surface area contributed by atoms with Gasteiger partial charge in [-0.25, -0.2) is 0 Å². The molecule has 0 aliphatic rings. The third kappa shape index (κ3) is 3.07. The molecular weight excluding hydrogens is 302 g/mol. The van der Waals surface area contributed by atoms with Crippen LogP contribution >= 0.6 is 15.9 Å². The van der Waals surface area contributed by atoms with E-state index in [2.05, 4.69) is 26.9 Å². The molecule has 2 aromatic rings. The second-order valence-corrected chi connectivity index (χ2v) is 5.19. The maximum absolute atomic E-state index is 9.12. The molecule has 2 rings (SSSR count). The molecule has 0 bridgehead atoms. The van der Waals surface area contributed by atoms with Crippen molar-refractivity contribution in [3.8, 4) is 6.07 Å². The SMILES string of the molecule is CN(Cc1ccc(N)cc1Br)c1ccccc1C#N. The lowest BCUT2D eigenvalue weighted by molar-refractivity contribution is 0.916. The summed E-state index contributed by atoms with van der Waals surface area (Å²) in [6, 6.07) is 15.5. The Balaban J connectivity index is 2.26. The summed E-state index contributed by atoms with van der Waals surface area (Å²) in [4.78, 5) is 2.05. The molecule has 0 aliphatic heterocycles. The van der Waals surface area contributed by atoms with E-state index in [0.717, 1.165) is 21.4 Å². The Morgan fingerprint density at radius 2 is 2.00 bits per heavy atom. The Bertz CT molecular complexity index is 632. The van der Waals surface area contributed by atoms with Gasteiger partial charge in [0.25, 0.3) is 0 Å². The summed E-state index contributed by atoms with van der Waals surface area (Å²) in [5.74, 6) is 0. The van der Waals surface area contributed by atoms with Crippen molar-refractivity contribution in [3.63, 3.8) is 0 Å². The van der Waals surface area contributed by atoms with Crippen LogP contribution in [0.1, 0.15) is 11.1 Å². The Morgan fingerprint density at radius 1 is 1.26 bits per heavy atom. The minimum atomic E-state index is 0.677. The Labute approximate surface area is 121 Å². The number of para-hydroxylation sites is 1. The summed E-state index contributed by atoms with van der Waals surface area (Å²) in [6.07, 6.45) is 0. The van der Waals surface area contributed by atoms with Crippen molar-refractivity contribution in [3.05, 3.63) is 58.1 Å². The van der Waals surface area contributed by atoms with Gasteiger partial charge in [-0.1, -0.05) is 34.1 Å². The number of nitrogen functional groups attached to an aromatic ring is 1. The van der Waals surface area contributed by atoms with Gasteiger partial charge in [0.1, 0.15) is 6.07 Å². The van der Waals surface area contributed by atoms with Gasteiger partial charge in [0, 0.05) is 23.8 Å². The third-order valence-electron chi connectivity index (χ3n) is 2.92. The first-order chi connectivity index (χ1) is 9.11. The molecule has 0 unspecified atom stereocenters. The van der Waals surface area contributed by atoms with Crippen LogP contribution in [0, 0.1) is 11.3 Å². The molecule has 19 heavy (non-hydrogen) atoms. The summed E-state index contributed by atoms with van der Waals surface area (Å²) < 4.78 is 0.980. The zero-order valence-electron chi connectivity index (χ0n) is 10.6. The Kier molecular flexibility index (Phi) is 4.08. The highest BCUT2D eigenvalue weighted by Gasteiger charge is 2.09. The van der Waals surface area contributed by atoms with Crippen molar-refractivity contribution in [2.24, 2.45) is 0 Å². The van der Waals surface area contributed by atoms with E-state index in [1.807, 2.05) is 49.5 Å². The summed E-state index contributed by atoms with van der Waals surface area (Å²) in [7, 11) is 1.97. The van der Waals surface area contributed by atoms with Gasteiger partial charge in [0.2, 0.25) is 0 Å². The molecule has 2 N–H and O–H groups in total. The summed E-state index contributed by atoms with van der Waals surface area (Å²) in [5.41, 5.74) is 9.19. The Hall–Kier alpha value is -1.99. The van der Waals surface area contributed by atoms with Crippen LogP contribution < -0.4 is 10.6 Å². The highest BCUT2D eigenvalue weighted by atomic mass is 79.9. The van der Waals surface area contributed by atoms with E-state index in [9.17, 15) is 0 Å². The number of nitriles is 1. The van der Waals surface area contributed by atoms with E-state index in [4.69, 9.17) is 11.0 Å². The molecule has 0 aromatic heterocycles. The smallest absolute Gasteiger partial charge is 0.101 e.